The highest BCUT2D eigenvalue weighted by molar-refractivity contribution is 5.85. The molecule has 3 aromatic rings. The zero-order valence-electron chi connectivity index (χ0n) is 19.4. The maximum absolute atomic E-state index is 12.4. The van der Waals surface area contributed by atoms with Gasteiger partial charge in [0.15, 0.2) is 17.6 Å². The molecule has 4 heterocycles. The number of nitrogens with zero attached hydrogens (tertiary/aromatic N) is 2. The van der Waals surface area contributed by atoms with Gasteiger partial charge < -0.3 is 33.7 Å². The van der Waals surface area contributed by atoms with E-state index in [1.165, 1.54) is 0 Å². The third-order valence-corrected chi connectivity index (χ3v) is 6.22. The van der Waals surface area contributed by atoms with E-state index in [-0.39, 0.29) is 25.5 Å². The number of ether oxygens (including phenoxy) is 6. The minimum atomic E-state index is -0.586. The Kier molecular flexibility index (Phi) is 5.91. The first-order valence-electron chi connectivity index (χ1n) is 11.5. The summed E-state index contributed by atoms with van der Waals surface area (Å²) in [5.41, 5.74) is 2.20. The third kappa shape index (κ3) is 4.45. The summed E-state index contributed by atoms with van der Waals surface area (Å²) < 4.78 is 33.5. The van der Waals surface area contributed by atoms with Crippen LogP contribution < -0.4 is 24.8 Å². The van der Waals surface area contributed by atoms with E-state index in [1.807, 2.05) is 24.3 Å². The Balaban J connectivity index is 1.08. The van der Waals surface area contributed by atoms with Crippen molar-refractivity contribution in [2.75, 3.05) is 37.8 Å². The maximum Gasteiger partial charge on any atom is 0.412 e. The van der Waals surface area contributed by atoms with Crippen LogP contribution in [0.1, 0.15) is 0 Å². The van der Waals surface area contributed by atoms with Gasteiger partial charge in [0, 0.05) is 23.5 Å². The molecule has 4 atom stereocenters. The number of aromatic nitrogens is 2. The Morgan fingerprint density at radius 1 is 1.03 bits per heavy atom. The van der Waals surface area contributed by atoms with Gasteiger partial charge in [0.1, 0.15) is 18.0 Å². The molecule has 11 heteroatoms. The van der Waals surface area contributed by atoms with Gasteiger partial charge in [-0.3, -0.25) is 5.32 Å². The van der Waals surface area contributed by atoms with Gasteiger partial charge in [-0.25, -0.2) is 14.8 Å². The highest BCUT2D eigenvalue weighted by Gasteiger charge is 2.49. The second-order valence-electron chi connectivity index (χ2n) is 8.48. The van der Waals surface area contributed by atoms with Crippen molar-refractivity contribution in [1.82, 2.24) is 9.97 Å². The molecule has 4 unspecified atom stereocenters. The quantitative estimate of drug-likeness (QED) is 0.531. The van der Waals surface area contributed by atoms with Gasteiger partial charge in [0.05, 0.1) is 32.1 Å². The topological polar surface area (TPSA) is 122 Å². The van der Waals surface area contributed by atoms with Gasteiger partial charge in [-0.1, -0.05) is 6.07 Å². The lowest BCUT2D eigenvalue weighted by Gasteiger charge is -2.18. The smallest absolute Gasteiger partial charge is 0.412 e. The zero-order valence-corrected chi connectivity index (χ0v) is 19.4. The molecule has 6 rings (SSSR count). The summed E-state index contributed by atoms with van der Waals surface area (Å²) in [6, 6.07) is 14.3. The number of hydrogen-bond donors (Lipinski definition) is 2. The fourth-order valence-corrected chi connectivity index (χ4v) is 4.49. The van der Waals surface area contributed by atoms with E-state index in [0.29, 0.717) is 35.5 Å². The Labute approximate surface area is 206 Å². The van der Waals surface area contributed by atoms with Crippen molar-refractivity contribution in [2.24, 2.45) is 0 Å². The molecule has 2 N–H and O–H groups in total. The van der Waals surface area contributed by atoms with E-state index in [9.17, 15) is 4.79 Å². The highest BCUT2D eigenvalue weighted by Crippen LogP contribution is 2.36. The molecule has 3 aliphatic rings. The molecule has 2 saturated heterocycles. The maximum atomic E-state index is 12.4. The number of hydrogen-bond acceptors (Lipinski definition) is 10. The second kappa shape index (κ2) is 9.51. The predicted octanol–water partition coefficient (Wildman–Crippen LogP) is 3.08. The predicted molar refractivity (Wildman–Crippen MR) is 127 cm³/mol. The van der Waals surface area contributed by atoms with E-state index in [4.69, 9.17) is 28.4 Å². The van der Waals surface area contributed by atoms with Gasteiger partial charge >= 0.3 is 6.09 Å². The van der Waals surface area contributed by atoms with Crippen molar-refractivity contribution < 1.29 is 33.2 Å². The average molecular weight is 492 g/mol. The molecule has 2 fully saturated rings. The molecule has 1 amide bonds. The van der Waals surface area contributed by atoms with E-state index in [1.54, 1.807) is 37.6 Å². The molecule has 0 saturated carbocycles. The molecule has 0 radical (unpaired) electrons. The molecule has 36 heavy (non-hydrogen) atoms. The van der Waals surface area contributed by atoms with Gasteiger partial charge in [0.2, 0.25) is 12.7 Å². The van der Waals surface area contributed by atoms with E-state index in [2.05, 4.69) is 20.6 Å². The standard InChI is InChI=1S/C25H24N4O7/c1-31-16-4-2-3-15(10-16)27-25(30)36-21-12-33-22-18(11-32-23(21)22)29-24-26-8-7-17(28-24)14-5-6-19-20(9-14)35-13-34-19/h2-10,18,21-23H,11-13H2,1H3,(H,27,30)(H,26,28,29). The molecule has 11 nitrogen and oxygen atoms in total. The first-order valence-corrected chi connectivity index (χ1v) is 11.5. The number of rotatable bonds is 6. The van der Waals surface area contributed by atoms with Crippen LogP contribution in [0.25, 0.3) is 11.3 Å². The number of carbonyl (C=O) groups is 1. The SMILES string of the molecule is COc1cccc(NC(=O)OC2COC3C(Nc4nccc(-c5ccc6c(c5)OCO6)n4)COC23)c1. The minimum absolute atomic E-state index is 0.197. The molecule has 3 aliphatic heterocycles. The summed E-state index contributed by atoms with van der Waals surface area (Å²) in [6.07, 6.45) is -0.133. The molecular weight excluding hydrogens is 468 g/mol. The normalized spacial score (nSPS) is 23.7. The first kappa shape index (κ1) is 22.4. The lowest BCUT2D eigenvalue weighted by molar-refractivity contribution is 0.00917. The molecule has 0 aliphatic carbocycles. The van der Waals surface area contributed by atoms with Crippen LogP contribution >= 0.6 is 0 Å². The summed E-state index contributed by atoms with van der Waals surface area (Å²) >= 11 is 0. The van der Waals surface area contributed by atoms with Crippen LogP contribution in [0, 0.1) is 0 Å². The fourth-order valence-electron chi connectivity index (χ4n) is 4.49. The zero-order chi connectivity index (χ0) is 24.5. The summed E-state index contributed by atoms with van der Waals surface area (Å²) in [6.45, 7) is 0.814. The largest absolute Gasteiger partial charge is 0.497 e. The van der Waals surface area contributed by atoms with Crippen molar-refractivity contribution in [3.05, 3.63) is 54.7 Å². The lowest BCUT2D eigenvalue weighted by Crippen LogP contribution is -2.38. The van der Waals surface area contributed by atoms with E-state index < -0.39 is 18.3 Å². The van der Waals surface area contributed by atoms with Crippen LogP contribution in [0.15, 0.2) is 54.7 Å². The number of fused-ring (bicyclic) bond motifs is 2. The summed E-state index contributed by atoms with van der Waals surface area (Å²) in [5.74, 6) is 2.49. The van der Waals surface area contributed by atoms with Gasteiger partial charge in [-0.05, 0) is 36.4 Å². The van der Waals surface area contributed by atoms with Crippen molar-refractivity contribution in [3.8, 4) is 28.5 Å². The van der Waals surface area contributed by atoms with Crippen LogP contribution in [0.5, 0.6) is 17.2 Å². The summed E-state index contributed by atoms with van der Waals surface area (Å²) in [4.78, 5) is 21.4. The van der Waals surface area contributed by atoms with Gasteiger partial charge in [-0.15, -0.1) is 0 Å². The lowest BCUT2D eigenvalue weighted by atomic mass is 10.1. The van der Waals surface area contributed by atoms with Crippen LogP contribution in [-0.4, -0.2) is 67.5 Å². The Morgan fingerprint density at radius 3 is 2.83 bits per heavy atom. The number of amides is 1. The van der Waals surface area contributed by atoms with Crippen LogP contribution in [-0.2, 0) is 14.2 Å². The Morgan fingerprint density at radius 2 is 1.92 bits per heavy atom. The first-order chi connectivity index (χ1) is 17.7. The number of nitrogens with one attached hydrogen (secondary N) is 2. The summed E-state index contributed by atoms with van der Waals surface area (Å²) in [7, 11) is 1.56. The van der Waals surface area contributed by atoms with Gasteiger partial charge in [-0.2, -0.15) is 0 Å². The monoisotopic (exact) mass is 492 g/mol. The second-order valence-corrected chi connectivity index (χ2v) is 8.48. The number of anilines is 2. The molecule has 1 aromatic heterocycles. The van der Waals surface area contributed by atoms with Gasteiger partial charge in [0.25, 0.3) is 0 Å². The number of methoxy groups -OCH3 is 1. The highest BCUT2D eigenvalue weighted by atomic mass is 16.7. The molecule has 186 valence electrons. The van der Waals surface area contributed by atoms with Crippen LogP contribution in [0.3, 0.4) is 0 Å². The molecule has 0 bridgehead atoms. The Hall–Kier alpha value is -4.09. The molecule has 0 spiro atoms. The number of carbonyl (C=O) groups excluding carboxylic acids is 1. The average Bonchev–Trinajstić information content (AvgIpc) is 3.62. The minimum Gasteiger partial charge on any atom is -0.497 e. The third-order valence-electron chi connectivity index (χ3n) is 6.22. The Bertz CT molecular complexity index is 1270. The van der Waals surface area contributed by atoms with Crippen LogP contribution in [0.4, 0.5) is 16.4 Å². The fraction of sp³-hybridized carbons (Fsp3) is 0.320. The van der Waals surface area contributed by atoms with E-state index in [0.717, 1.165) is 11.3 Å². The van der Waals surface area contributed by atoms with Crippen molar-refractivity contribution in [2.45, 2.75) is 24.4 Å². The van der Waals surface area contributed by atoms with Crippen molar-refractivity contribution in [1.29, 1.82) is 0 Å². The van der Waals surface area contributed by atoms with E-state index >= 15 is 0 Å². The van der Waals surface area contributed by atoms with Crippen molar-refractivity contribution >= 4 is 17.7 Å². The van der Waals surface area contributed by atoms with Crippen LogP contribution in [0.2, 0.25) is 0 Å². The van der Waals surface area contributed by atoms with Crippen molar-refractivity contribution in [3.63, 3.8) is 0 Å². The summed E-state index contributed by atoms with van der Waals surface area (Å²) in [5, 5.41) is 6.01. The number of benzene rings is 2. The molecular formula is C25H24N4O7. The molecule has 2 aromatic carbocycles.